The summed E-state index contributed by atoms with van der Waals surface area (Å²) in [6.07, 6.45) is 1.95. The predicted octanol–water partition coefficient (Wildman–Crippen LogP) is 2.12. The lowest BCUT2D eigenvalue weighted by molar-refractivity contribution is 0.276. The average Bonchev–Trinajstić information content (AvgIpc) is 2.77. The maximum atomic E-state index is 9.47. The number of aromatic nitrogens is 2. The zero-order chi connectivity index (χ0) is 11.7. The molecule has 0 saturated carbocycles. The molecule has 2 rings (SSSR count). The highest BCUT2D eigenvalue weighted by molar-refractivity contribution is 7.15. The van der Waals surface area contributed by atoms with Gasteiger partial charge in [-0.1, -0.05) is 0 Å². The van der Waals surface area contributed by atoms with Crippen molar-refractivity contribution in [3.05, 3.63) is 17.3 Å². The second-order valence-corrected chi connectivity index (χ2v) is 4.85. The Bertz CT molecular complexity index is 474. The number of imidazole rings is 1. The maximum Gasteiger partial charge on any atom is 0.195 e. The Labute approximate surface area is 99.2 Å². The van der Waals surface area contributed by atoms with E-state index in [0.717, 1.165) is 23.0 Å². The Hall–Kier alpha value is -1.07. The Morgan fingerprint density at radius 3 is 2.88 bits per heavy atom. The largest absolute Gasteiger partial charge is 0.390 e. The van der Waals surface area contributed by atoms with Crippen LogP contribution in [0.3, 0.4) is 0 Å². The lowest BCUT2D eigenvalue weighted by atomic mass is 10.3. The number of hydrogen-bond donors (Lipinski definition) is 1. The standard InChI is InChI=1S/C11H17N3OS/c1-4-13(8(2)3)10-9(7-15)14-5-6-16-11(14)12-10/h5-6,8,15H,4,7H2,1-3H3. The van der Waals surface area contributed by atoms with Crippen LogP contribution in [0, 0.1) is 0 Å². The summed E-state index contributed by atoms with van der Waals surface area (Å²) in [5.41, 5.74) is 0.881. The Balaban J connectivity index is 2.53. The van der Waals surface area contributed by atoms with Crippen molar-refractivity contribution in [3.8, 4) is 0 Å². The molecule has 0 fully saturated rings. The fraction of sp³-hybridized carbons (Fsp3) is 0.545. The van der Waals surface area contributed by atoms with Crippen LogP contribution >= 0.6 is 11.3 Å². The minimum absolute atomic E-state index is 0.0243. The monoisotopic (exact) mass is 239 g/mol. The summed E-state index contributed by atoms with van der Waals surface area (Å²) in [4.78, 5) is 7.73. The van der Waals surface area contributed by atoms with E-state index in [9.17, 15) is 5.11 Å². The quantitative estimate of drug-likeness (QED) is 0.888. The van der Waals surface area contributed by atoms with Crippen LogP contribution in [0.25, 0.3) is 4.96 Å². The third kappa shape index (κ3) is 1.70. The average molecular weight is 239 g/mol. The van der Waals surface area contributed by atoms with Gasteiger partial charge in [-0.2, -0.15) is 0 Å². The van der Waals surface area contributed by atoms with Crippen molar-refractivity contribution in [2.45, 2.75) is 33.4 Å². The number of fused-ring (bicyclic) bond motifs is 1. The number of aliphatic hydroxyl groups excluding tert-OH is 1. The smallest absolute Gasteiger partial charge is 0.195 e. The number of aliphatic hydroxyl groups is 1. The van der Waals surface area contributed by atoms with E-state index in [2.05, 4.69) is 30.7 Å². The summed E-state index contributed by atoms with van der Waals surface area (Å²) in [6, 6.07) is 0.389. The molecule has 2 aromatic heterocycles. The van der Waals surface area contributed by atoms with E-state index >= 15 is 0 Å². The van der Waals surface area contributed by atoms with Gasteiger partial charge in [0, 0.05) is 24.2 Å². The van der Waals surface area contributed by atoms with Crippen molar-refractivity contribution < 1.29 is 5.11 Å². The number of rotatable bonds is 4. The molecule has 0 amide bonds. The second-order valence-electron chi connectivity index (χ2n) is 3.98. The third-order valence-electron chi connectivity index (χ3n) is 2.73. The number of nitrogens with zero attached hydrogens (tertiary/aromatic N) is 3. The number of anilines is 1. The van der Waals surface area contributed by atoms with E-state index in [1.165, 1.54) is 0 Å². The second kappa shape index (κ2) is 4.43. The molecule has 0 aliphatic carbocycles. The van der Waals surface area contributed by atoms with Crippen LogP contribution in [0.1, 0.15) is 26.5 Å². The third-order valence-corrected chi connectivity index (χ3v) is 3.48. The summed E-state index contributed by atoms with van der Waals surface area (Å²) >= 11 is 1.59. The molecule has 0 radical (unpaired) electrons. The normalized spacial score (nSPS) is 11.6. The first-order valence-electron chi connectivity index (χ1n) is 5.51. The first-order valence-corrected chi connectivity index (χ1v) is 6.39. The zero-order valence-electron chi connectivity index (χ0n) is 9.84. The first kappa shape index (κ1) is 11.4. The molecule has 0 saturated heterocycles. The van der Waals surface area contributed by atoms with Gasteiger partial charge >= 0.3 is 0 Å². The summed E-state index contributed by atoms with van der Waals surface area (Å²) in [6.45, 7) is 7.30. The molecular formula is C11H17N3OS. The molecule has 88 valence electrons. The molecule has 1 N–H and O–H groups in total. The highest BCUT2D eigenvalue weighted by Gasteiger charge is 2.19. The number of thiazole rings is 1. The highest BCUT2D eigenvalue weighted by atomic mass is 32.1. The van der Waals surface area contributed by atoms with Gasteiger partial charge in [0.1, 0.15) is 0 Å². The van der Waals surface area contributed by atoms with E-state index < -0.39 is 0 Å². The van der Waals surface area contributed by atoms with Crippen LogP contribution in [0.15, 0.2) is 11.6 Å². The lowest BCUT2D eigenvalue weighted by Gasteiger charge is -2.25. The Kier molecular flexibility index (Phi) is 3.16. The van der Waals surface area contributed by atoms with Crippen LogP contribution in [0.2, 0.25) is 0 Å². The van der Waals surface area contributed by atoms with Gasteiger partial charge < -0.3 is 10.0 Å². The van der Waals surface area contributed by atoms with Crippen molar-refractivity contribution in [1.82, 2.24) is 9.38 Å². The summed E-state index contributed by atoms with van der Waals surface area (Å²) < 4.78 is 1.96. The molecule has 0 bridgehead atoms. The van der Waals surface area contributed by atoms with E-state index in [1.807, 2.05) is 16.0 Å². The van der Waals surface area contributed by atoms with E-state index in [4.69, 9.17) is 0 Å². The summed E-state index contributed by atoms with van der Waals surface area (Å²) in [5.74, 6) is 0.909. The Morgan fingerprint density at radius 2 is 2.31 bits per heavy atom. The molecule has 4 nitrogen and oxygen atoms in total. The zero-order valence-corrected chi connectivity index (χ0v) is 10.7. The van der Waals surface area contributed by atoms with Gasteiger partial charge in [-0.25, -0.2) is 4.98 Å². The van der Waals surface area contributed by atoms with Gasteiger partial charge in [0.2, 0.25) is 0 Å². The molecular weight excluding hydrogens is 222 g/mol. The minimum Gasteiger partial charge on any atom is -0.390 e. The first-order chi connectivity index (χ1) is 7.69. The van der Waals surface area contributed by atoms with Crippen molar-refractivity contribution >= 4 is 22.1 Å². The van der Waals surface area contributed by atoms with Crippen LogP contribution in [0.4, 0.5) is 5.82 Å². The Morgan fingerprint density at radius 1 is 1.56 bits per heavy atom. The van der Waals surface area contributed by atoms with Crippen molar-refractivity contribution in [1.29, 1.82) is 0 Å². The molecule has 0 unspecified atom stereocenters. The van der Waals surface area contributed by atoms with Gasteiger partial charge in [-0.3, -0.25) is 4.40 Å². The van der Waals surface area contributed by atoms with Gasteiger partial charge in [-0.05, 0) is 20.8 Å². The fourth-order valence-electron chi connectivity index (χ4n) is 1.96. The van der Waals surface area contributed by atoms with Crippen LogP contribution in [-0.2, 0) is 6.61 Å². The van der Waals surface area contributed by atoms with Crippen LogP contribution in [-0.4, -0.2) is 27.1 Å². The molecule has 0 aliphatic rings. The summed E-state index contributed by atoms with van der Waals surface area (Å²) in [5, 5.41) is 11.5. The molecule has 2 heterocycles. The molecule has 0 atom stereocenters. The molecule has 2 aromatic rings. The van der Waals surface area contributed by atoms with E-state index in [0.29, 0.717) is 6.04 Å². The van der Waals surface area contributed by atoms with Gasteiger partial charge in [0.25, 0.3) is 0 Å². The molecule has 5 heteroatoms. The molecule has 0 aliphatic heterocycles. The van der Waals surface area contributed by atoms with Gasteiger partial charge in [-0.15, -0.1) is 11.3 Å². The van der Waals surface area contributed by atoms with Crippen LogP contribution < -0.4 is 4.90 Å². The molecule has 0 aromatic carbocycles. The fourth-order valence-corrected chi connectivity index (χ4v) is 2.69. The van der Waals surface area contributed by atoms with Crippen molar-refractivity contribution in [2.75, 3.05) is 11.4 Å². The topological polar surface area (TPSA) is 40.8 Å². The van der Waals surface area contributed by atoms with E-state index in [1.54, 1.807) is 11.3 Å². The molecule has 0 spiro atoms. The van der Waals surface area contributed by atoms with Crippen LogP contribution in [0.5, 0.6) is 0 Å². The minimum atomic E-state index is 0.0243. The number of hydrogen-bond acceptors (Lipinski definition) is 4. The maximum absolute atomic E-state index is 9.47. The highest BCUT2D eigenvalue weighted by Crippen LogP contribution is 2.25. The van der Waals surface area contributed by atoms with E-state index in [-0.39, 0.29) is 6.61 Å². The molecule has 16 heavy (non-hydrogen) atoms. The summed E-state index contributed by atoms with van der Waals surface area (Å²) in [7, 11) is 0. The SMILES string of the molecule is CCN(c1nc2sccn2c1CO)C(C)C. The lowest BCUT2D eigenvalue weighted by Crippen LogP contribution is -2.31. The van der Waals surface area contributed by atoms with Crippen molar-refractivity contribution in [3.63, 3.8) is 0 Å². The predicted molar refractivity (Wildman–Crippen MR) is 67.1 cm³/mol. The van der Waals surface area contributed by atoms with Crippen molar-refractivity contribution in [2.24, 2.45) is 0 Å². The van der Waals surface area contributed by atoms with Gasteiger partial charge in [0.05, 0.1) is 12.3 Å². The van der Waals surface area contributed by atoms with Gasteiger partial charge in [0.15, 0.2) is 10.8 Å².